The zero-order valence-electron chi connectivity index (χ0n) is 14.7. The Hall–Kier alpha value is -2.12. The van der Waals surface area contributed by atoms with E-state index in [4.69, 9.17) is 9.47 Å². The van der Waals surface area contributed by atoms with Crippen LogP contribution < -0.4 is 9.47 Å². The molecule has 3 heterocycles. The summed E-state index contributed by atoms with van der Waals surface area (Å²) in [7, 11) is 3.27. The number of rotatable bonds is 6. The van der Waals surface area contributed by atoms with Crippen LogP contribution in [0.2, 0.25) is 0 Å². The van der Waals surface area contributed by atoms with Crippen LogP contribution in [0.25, 0.3) is 0 Å². The van der Waals surface area contributed by atoms with Crippen molar-refractivity contribution in [1.29, 1.82) is 0 Å². The van der Waals surface area contributed by atoms with Gasteiger partial charge in [-0.15, -0.1) is 0 Å². The minimum atomic E-state index is -0.410. The summed E-state index contributed by atoms with van der Waals surface area (Å²) in [5.74, 6) is 1.79. The molecule has 0 aromatic carbocycles. The van der Waals surface area contributed by atoms with Gasteiger partial charge < -0.3 is 14.6 Å². The lowest BCUT2D eigenvalue weighted by atomic mass is 10.1. The van der Waals surface area contributed by atoms with Crippen LogP contribution in [-0.2, 0) is 19.6 Å². The van der Waals surface area contributed by atoms with Crippen LogP contribution in [0.1, 0.15) is 36.0 Å². The van der Waals surface area contributed by atoms with Gasteiger partial charge in [0.25, 0.3) is 0 Å². The lowest BCUT2D eigenvalue weighted by Crippen LogP contribution is -2.33. The molecule has 2 aliphatic rings. The number of hydrogen-bond acceptors (Lipinski definition) is 6. The standard InChI is InChI=1S/C18H24N4O3/c1-24-16-5-6-19-15(18(16)25-2)11-21-7-8-22-13(10-21)9-14(20-22)17(23)12-3-4-12/h5-6,9,12,17,23H,3-4,7-8,10-11H2,1-2H3/t17-/m0/s1. The van der Waals surface area contributed by atoms with E-state index >= 15 is 0 Å². The highest BCUT2D eigenvalue weighted by molar-refractivity contribution is 5.42. The van der Waals surface area contributed by atoms with Crippen LogP contribution in [-0.4, -0.2) is 45.5 Å². The Labute approximate surface area is 147 Å². The molecule has 0 bridgehead atoms. The molecule has 2 aromatic rings. The third-order valence-electron chi connectivity index (χ3n) is 5.01. The first-order valence-electron chi connectivity index (χ1n) is 8.72. The van der Waals surface area contributed by atoms with E-state index < -0.39 is 6.10 Å². The van der Waals surface area contributed by atoms with Crippen LogP contribution in [0, 0.1) is 5.92 Å². The molecule has 1 fully saturated rings. The predicted octanol–water partition coefficient (Wildman–Crippen LogP) is 1.75. The van der Waals surface area contributed by atoms with E-state index in [2.05, 4.69) is 15.0 Å². The molecule has 7 nitrogen and oxygen atoms in total. The van der Waals surface area contributed by atoms with Crippen molar-refractivity contribution in [1.82, 2.24) is 19.7 Å². The first-order chi connectivity index (χ1) is 12.2. The number of nitrogens with zero attached hydrogens (tertiary/aromatic N) is 4. The molecule has 0 unspecified atom stereocenters. The highest BCUT2D eigenvalue weighted by atomic mass is 16.5. The fourth-order valence-electron chi connectivity index (χ4n) is 3.45. The quantitative estimate of drug-likeness (QED) is 0.861. The van der Waals surface area contributed by atoms with Gasteiger partial charge >= 0.3 is 0 Å². The van der Waals surface area contributed by atoms with Gasteiger partial charge in [0, 0.05) is 31.9 Å². The summed E-state index contributed by atoms with van der Waals surface area (Å²) >= 11 is 0. The molecule has 1 aliphatic carbocycles. The van der Waals surface area contributed by atoms with Crippen LogP contribution in [0.15, 0.2) is 18.3 Å². The summed E-state index contributed by atoms with van der Waals surface area (Å²) in [6, 6.07) is 3.85. The fourth-order valence-corrected chi connectivity index (χ4v) is 3.45. The molecule has 4 rings (SSSR count). The summed E-state index contributed by atoms with van der Waals surface area (Å²) < 4.78 is 12.9. The van der Waals surface area contributed by atoms with E-state index in [0.29, 0.717) is 24.0 Å². The van der Waals surface area contributed by atoms with Gasteiger partial charge in [-0.25, -0.2) is 0 Å². The third-order valence-corrected chi connectivity index (χ3v) is 5.01. The monoisotopic (exact) mass is 344 g/mol. The van der Waals surface area contributed by atoms with Gasteiger partial charge in [-0.3, -0.25) is 14.6 Å². The van der Waals surface area contributed by atoms with Crippen LogP contribution in [0.4, 0.5) is 0 Å². The van der Waals surface area contributed by atoms with E-state index in [1.165, 1.54) is 0 Å². The van der Waals surface area contributed by atoms with Crippen molar-refractivity contribution in [2.75, 3.05) is 20.8 Å². The van der Waals surface area contributed by atoms with E-state index in [1.807, 2.05) is 10.7 Å². The van der Waals surface area contributed by atoms with Crippen molar-refractivity contribution >= 4 is 0 Å². The molecule has 25 heavy (non-hydrogen) atoms. The number of pyridine rings is 1. The molecule has 2 aromatic heterocycles. The van der Waals surface area contributed by atoms with Crippen molar-refractivity contribution in [2.45, 2.75) is 38.6 Å². The highest BCUT2D eigenvalue weighted by Gasteiger charge is 2.33. The lowest BCUT2D eigenvalue weighted by molar-refractivity contribution is 0.147. The molecule has 1 saturated carbocycles. The smallest absolute Gasteiger partial charge is 0.183 e. The molecule has 134 valence electrons. The number of fused-ring (bicyclic) bond motifs is 1. The number of aliphatic hydroxyl groups excluding tert-OH is 1. The Morgan fingerprint density at radius 3 is 2.84 bits per heavy atom. The van der Waals surface area contributed by atoms with E-state index in [0.717, 1.165) is 49.6 Å². The van der Waals surface area contributed by atoms with Gasteiger partial charge in [0.1, 0.15) is 11.8 Å². The van der Waals surface area contributed by atoms with Crippen molar-refractivity contribution in [3.05, 3.63) is 35.4 Å². The molecular formula is C18H24N4O3. The second-order valence-corrected chi connectivity index (χ2v) is 6.77. The minimum Gasteiger partial charge on any atom is -0.493 e. The maximum absolute atomic E-state index is 10.3. The number of hydrogen-bond donors (Lipinski definition) is 1. The maximum Gasteiger partial charge on any atom is 0.183 e. The molecule has 7 heteroatoms. The van der Waals surface area contributed by atoms with E-state index in [9.17, 15) is 5.11 Å². The predicted molar refractivity (Wildman–Crippen MR) is 91.4 cm³/mol. The molecule has 1 atom stereocenters. The topological polar surface area (TPSA) is 72.6 Å². The molecule has 0 amide bonds. The Morgan fingerprint density at radius 1 is 1.28 bits per heavy atom. The van der Waals surface area contributed by atoms with Gasteiger partial charge in [-0.1, -0.05) is 0 Å². The minimum absolute atomic E-state index is 0.401. The second-order valence-electron chi connectivity index (χ2n) is 6.77. The lowest BCUT2D eigenvalue weighted by Gasteiger charge is -2.27. The highest BCUT2D eigenvalue weighted by Crippen LogP contribution is 2.40. The molecule has 1 aliphatic heterocycles. The van der Waals surface area contributed by atoms with Gasteiger partial charge in [0.2, 0.25) is 0 Å². The largest absolute Gasteiger partial charge is 0.493 e. The van der Waals surface area contributed by atoms with Gasteiger partial charge in [-0.05, 0) is 24.8 Å². The molecule has 1 N–H and O–H groups in total. The average Bonchev–Trinajstić information content (AvgIpc) is 3.39. The van der Waals surface area contributed by atoms with Crippen LogP contribution in [0.5, 0.6) is 11.5 Å². The Morgan fingerprint density at radius 2 is 2.12 bits per heavy atom. The number of aliphatic hydroxyl groups is 1. The maximum atomic E-state index is 10.3. The van der Waals surface area contributed by atoms with Gasteiger partial charge in [-0.2, -0.15) is 5.10 Å². The normalized spacial score (nSPS) is 18.7. The number of aromatic nitrogens is 3. The molecule has 0 saturated heterocycles. The van der Waals surface area contributed by atoms with E-state index in [1.54, 1.807) is 26.5 Å². The molecule has 0 spiro atoms. The van der Waals surface area contributed by atoms with Gasteiger partial charge in [0.05, 0.1) is 32.2 Å². The fraction of sp³-hybridized carbons (Fsp3) is 0.556. The average molecular weight is 344 g/mol. The summed E-state index contributed by atoms with van der Waals surface area (Å²) in [5.41, 5.74) is 2.83. The summed E-state index contributed by atoms with van der Waals surface area (Å²) in [4.78, 5) is 6.78. The Kier molecular flexibility index (Phi) is 4.35. The van der Waals surface area contributed by atoms with Crippen LogP contribution >= 0.6 is 0 Å². The second kappa shape index (κ2) is 6.65. The van der Waals surface area contributed by atoms with Crippen molar-refractivity contribution in [3.63, 3.8) is 0 Å². The Balaban J connectivity index is 1.49. The number of ether oxygens (including phenoxy) is 2. The van der Waals surface area contributed by atoms with Crippen molar-refractivity contribution < 1.29 is 14.6 Å². The summed E-state index contributed by atoms with van der Waals surface area (Å²) in [6.07, 6.45) is 3.55. The van der Waals surface area contributed by atoms with Crippen LogP contribution in [0.3, 0.4) is 0 Å². The summed E-state index contributed by atoms with van der Waals surface area (Å²) in [6.45, 7) is 3.17. The van der Waals surface area contributed by atoms with E-state index in [-0.39, 0.29) is 0 Å². The zero-order chi connectivity index (χ0) is 17.4. The molecular weight excluding hydrogens is 320 g/mol. The SMILES string of the molecule is COc1ccnc(CN2CCn3nc([C@@H](O)C4CC4)cc3C2)c1OC. The first-order valence-corrected chi connectivity index (χ1v) is 8.72. The Bertz CT molecular complexity index is 757. The first kappa shape index (κ1) is 16.4. The van der Waals surface area contributed by atoms with Crippen molar-refractivity contribution in [3.8, 4) is 11.5 Å². The third kappa shape index (κ3) is 3.21. The van der Waals surface area contributed by atoms with Gasteiger partial charge in [0.15, 0.2) is 11.5 Å². The summed E-state index contributed by atoms with van der Waals surface area (Å²) in [5, 5.41) is 14.9. The zero-order valence-corrected chi connectivity index (χ0v) is 14.7. The van der Waals surface area contributed by atoms with Crippen molar-refractivity contribution in [2.24, 2.45) is 5.92 Å². The molecule has 0 radical (unpaired) electrons. The number of methoxy groups -OCH3 is 2.